The number of carbonyl (C=O) groups is 1. The fourth-order valence-electron chi connectivity index (χ4n) is 5.88. The Morgan fingerprint density at radius 1 is 1.03 bits per heavy atom. The molecule has 38 heavy (non-hydrogen) atoms. The molecule has 0 atom stereocenters. The van der Waals surface area contributed by atoms with Crippen molar-refractivity contribution in [2.75, 3.05) is 26.3 Å². The minimum atomic E-state index is -0.912. The first kappa shape index (κ1) is 27.9. The van der Waals surface area contributed by atoms with Gasteiger partial charge in [0.05, 0.1) is 12.2 Å². The summed E-state index contributed by atoms with van der Waals surface area (Å²) in [4.78, 5) is 14.0. The average molecular weight is 536 g/mol. The summed E-state index contributed by atoms with van der Waals surface area (Å²) in [6, 6.07) is 19.9. The molecule has 1 heterocycles. The number of phenols is 1. The van der Waals surface area contributed by atoms with Crippen LogP contribution in [-0.2, 0) is 12.8 Å². The number of halogens is 2. The van der Waals surface area contributed by atoms with Gasteiger partial charge in [-0.25, -0.2) is 4.79 Å². The number of rotatable bonds is 8. The maximum atomic E-state index is 12.4. The molecule has 2 N–H and O–H groups in total. The third-order valence-corrected chi connectivity index (χ3v) is 7.83. The highest BCUT2D eigenvalue weighted by molar-refractivity contribution is 6.01. The minimum Gasteiger partial charge on any atom is -0.508 e. The van der Waals surface area contributed by atoms with E-state index in [1.165, 1.54) is 11.1 Å². The van der Waals surface area contributed by atoms with E-state index in [9.17, 15) is 19.4 Å². The van der Waals surface area contributed by atoms with Gasteiger partial charge in [-0.3, -0.25) is 4.39 Å². The number of carboxylic acid groups (broad SMARTS) is 1. The van der Waals surface area contributed by atoms with E-state index < -0.39 is 5.97 Å². The predicted octanol–water partition coefficient (Wildman–Crippen LogP) is 6.95. The number of aromatic hydroxyl groups is 1. The summed E-state index contributed by atoms with van der Waals surface area (Å²) in [5.74, 6) is -0.0140. The third kappa shape index (κ3) is 5.79. The Hall–Kier alpha value is -3.15. The quantitative estimate of drug-likeness (QED) is 0.327. The summed E-state index contributed by atoms with van der Waals surface area (Å²) in [5, 5.41) is 20.0. The van der Waals surface area contributed by atoms with Gasteiger partial charge in [-0.05, 0) is 108 Å². The van der Waals surface area contributed by atoms with Crippen molar-refractivity contribution in [2.24, 2.45) is 5.92 Å². The summed E-state index contributed by atoms with van der Waals surface area (Å²) >= 11 is 0. The monoisotopic (exact) mass is 535 g/mol. The first-order valence-corrected chi connectivity index (χ1v) is 13.2. The highest BCUT2D eigenvalue weighted by Gasteiger charge is 2.26. The van der Waals surface area contributed by atoms with E-state index in [4.69, 9.17) is 0 Å². The van der Waals surface area contributed by atoms with Gasteiger partial charge in [0.25, 0.3) is 0 Å². The maximum absolute atomic E-state index is 12.4. The first-order chi connectivity index (χ1) is 17.9. The average Bonchev–Trinajstić information content (AvgIpc) is 3.06. The number of fused-ring (bicyclic) bond motifs is 1. The molecule has 0 saturated carbocycles. The van der Waals surface area contributed by atoms with Crippen molar-refractivity contribution in [3.8, 4) is 5.75 Å². The number of hydrogen-bond acceptors (Lipinski definition) is 3. The Kier molecular flexibility index (Phi) is 8.91. The fraction of sp³-hybridized carbons (Fsp3) is 0.344. The molecule has 0 amide bonds. The van der Waals surface area contributed by atoms with Gasteiger partial charge in [0.15, 0.2) is 0 Å². The van der Waals surface area contributed by atoms with E-state index in [0.717, 1.165) is 78.7 Å². The van der Waals surface area contributed by atoms with E-state index in [1.54, 1.807) is 12.1 Å². The van der Waals surface area contributed by atoms with Gasteiger partial charge in [0, 0.05) is 19.6 Å². The molecule has 1 saturated heterocycles. The lowest BCUT2D eigenvalue weighted by Crippen LogP contribution is -2.47. The largest absolute Gasteiger partial charge is 0.508 e. The molecule has 5 rings (SSSR count). The number of aromatic carboxylic acids is 1. The minimum absolute atomic E-state index is 0. The number of nitrogens with zero attached hydrogens (tertiary/aromatic N) is 1. The maximum Gasteiger partial charge on any atom is 0.335 e. The molecule has 3 aromatic carbocycles. The summed E-state index contributed by atoms with van der Waals surface area (Å²) in [5.41, 5.74) is 9.03. The van der Waals surface area contributed by atoms with Crippen LogP contribution in [0.4, 0.5) is 4.39 Å². The summed E-state index contributed by atoms with van der Waals surface area (Å²) in [6.07, 6.45) is 4.19. The Morgan fingerprint density at radius 2 is 1.79 bits per heavy atom. The summed E-state index contributed by atoms with van der Waals surface area (Å²) in [6.45, 7) is 4.62. The van der Waals surface area contributed by atoms with Gasteiger partial charge in [-0.2, -0.15) is 0 Å². The first-order valence-electron chi connectivity index (χ1n) is 13.2. The standard InChI is InChI=1S/C32H34FNO3.ClH/c1-21-27(6-3-8-30(21)35)29-7-2-5-25-18-26(32(36)37)13-14-28(25)31(29)24-11-9-22(10-12-24)17-23-19-34(20-23)16-4-15-33;/h3,6,8-14,18,23,35H,2,4-5,7,15-17,19-20H2,1H3,(H,36,37);1H. The van der Waals surface area contributed by atoms with Crippen molar-refractivity contribution in [1.82, 2.24) is 4.90 Å². The van der Waals surface area contributed by atoms with E-state index in [1.807, 2.05) is 25.1 Å². The topological polar surface area (TPSA) is 60.8 Å². The number of phenolic OH excluding ortho intramolecular Hbond substituents is 1. The number of carboxylic acids is 1. The molecule has 0 unspecified atom stereocenters. The Bertz CT molecular complexity index is 1330. The van der Waals surface area contributed by atoms with Crippen LogP contribution in [0.25, 0.3) is 11.1 Å². The van der Waals surface area contributed by atoms with Gasteiger partial charge in [-0.1, -0.05) is 42.5 Å². The van der Waals surface area contributed by atoms with Gasteiger partial charge >= 0.3 is 5.97 Å². The number of hydrogen-bond donors (Lipinski definition) is 2. The van der Waals surface area contributed by atoms with Crippen LogP contribution in [0.15, 0.2) is 60.7 Å². The lowest BCUT2D eigenvalue weighted by Gasteiger charge is -2.39. The molecule has 1 aliphatic carbocycles. The van der Waals surface area contributed by atoms with Gasteiger partial charge < -0.3 is 15.1 Å². The lowest BCUT2D eigenvalue weighted by atomic mass is 9.85. The normalized spacial score (nSPS) is 15.8. The zero-order chi connectivity index (χ0) is 25.9. The number of aryl methyl sites for hydroxylation is 1. The number of allylic oxidation sites excluding steroid dienone is 1. The van der Waals surface area contributed by atoms with Gasteiger partial charge in [0.2, 0.25) is 0 Å². The molecule has 0 bridgehead atoms. The fourth-order valence-corrected chi connectivity index (χ4v) is 5.88. The van der Waals surface area contributed by atoms with E-state index >= 15 is 0 Å². The highest BCUT2D eigenvalue weighted by atomic mass is 35.5. The summed E-state index contributed by atoms with van der Waals surface area (Å²) in [7, 11) is 0. The molecule has 0 aromatic heterocycles. The molecule has 6 heteroatoms. The molecule has 0 radical (unpaired) electrons. The Balaban J connectivity index is 0.00000336. The molecule has 2 aliphatic rings. The van der Waals surface area contributed by atoms with Crippen LogP contribution in [0.3, 0.4) is 0 Å². The smallest absolute Gasteiger partial charge is 0.335 e. The number of benzene rings is 3. The second kappa shape index (κ2) is 12.1. The van der Waals surface area contributed by atoms with Gasteiger partial charge in [-0.15, -0.1) is 12.4 Å². The van der Waals surface area contributed by atoms with Crippen molar-refractivity contribution < 1.29 is 19.4 Å². The molecule has 200 valence electrons. The zero-order valence-electron chi connectivity index (χ0n) is 21.8. The van der Waals surface area contributed by atoms with Crippen molar-refractivity contribution in [3.05, 3.63) is 99.6 Å². The predicted molar refractivity (Wildman–Crippen MR) is 153 cm³/mol. The zero-order valence-corrected chi connectivity index (χ0v) is 22.6. The van der Waals surface area contributed by atoms with Crippen molar-refractivity contribution >= 4 is 29.5 Å². The second-order valence-electron chi connectivity index (χ2n) is 10.4. The van der Waals surface area contributed by atoms with Crippen molar-refractivity contribution in [1.29, 1.82) is 0 Å². The SMILES string of the molecule is Cc1c(O)cccc1C1=C(c2ccc(CC3CN(CCCF)C3)cc2)c2ccc(C(=O)O)cc2CCC1.Cl. The van der Waals surface area contributed by atoms with Crippen LogP contribution >= 0.6 is 12.4 Å². The number of alkyl halides is 1. The Labute approximate surface area is 230 Å². The molecule has 1 aliphatic heterocycles. The van der Waals surface area contributed by atoms with E-state index in [-0.39, 0.29) is 24.8 Å². The van der Waals surface area contributed by atoms with Crippen LogP contribution in [0, 0.1) is 12.8 Å². The van der Waals surface area contributed by atoms with Gasteiger partial charge in [0.1, 0.15) is 5.75 Å². The van der Waals surface area contributed by atoms with E-state index in [0.29, 0.717) is 17.9 Å². The molecule has 4 nitrogen and oxygen atoms in total. The van der Waals surface area contributed by atoms with E-state index in [2.05, 4.69) is 35.2 Å². The van der Waals surface area contributed by atoms with Crippen LogP contribution in [0.5, 0.6) is 5.75 Å². The lowest BCUT2D eigenvalue weighted by molar-refractivity contribution is 0.0696. The Morgan fingerprint density at radius 3 is 2.50 bits per heavy atom. The molecule has 1 fully saturated rings. The van der Waals surface area contributed by atoms with Crippen molar-refractivity contribution in [2.45, 2.75) is 39.0 Å². The molecular weight excluding hydrogens is 501 g/mol. The third-order valence-electron chi connectivity index (χ3n) is 7.83. The molecule has 0 spiro atoms. The van der Waals surface area contributed by atoms with Crippen LogP contribution in [0.1, 0.15) is 63.0 Å². The highest BCUT2D eigenvalue weighted by Crippen LogP contribution is 2.42. The summed E-state index contributed by atoms with van der Waals surface area (Å²) < 4.78 is 12.4. The van der Waals surface area contributed by atoms with Crippen LogP contribution in [-0.4, -0.2) is 47.4 Å². The van der Waals surface area contributed by atoms with Crippen LogP contribution in [0.2, 0.25) is 0 Å². The second-order valence-corrected chi connectivity index (χ2v) is 10.4. The number of likely N-dealkylation sites (tertiary alicyclic amines) is 1. The molecule has 3 aromatic rings. The molecular formula is C32H35ClFNO3. The van der Waals surface area contributed by atoms with Crippen molar-refractivity contribution in [3.63, 3.8) is 0 Å². The van der Waals surface area contributed by atoms with Crippen LogP contribution < -0.4 is 0 Å².